The molecule has 0 bridgehead atoms. The van der Waals surface area contributed by atoms with Crippen molar-refractivity contribution in [3.05, 3.63) is 39.9 Å². The zero-order chi connectivity index (χ0) is 15.5. The quantitative estimate of drug-likeness (QED) is 0.710. The van der Waals surface area contributed by atoms with Crippen LogP contribution in [0.2, 0.25) is 0 Å². The summed E-state index contributed by atoms with van der Waals surface area (Å²) in [6.07, 6.45) is 0. The van der Waals surface area contributed by atoms with Crippen LogP contribution in [0.5, 0.6) is 0 Å². The molecule has 0 aliphatic rings. The van der Waals surface area contributed by atoms with Gasteiger partial charge >= 0.3 is 0 Å². The molecule has 0 radical (unpaired) electrons. The zero-order valence-corrected chi connectivity index (χ0v) is 14.6. The number of benzene rings is 1. The van der Waals surface area contributed by atoms with Crippen LogP contribution < -0.4 is 5.56 Å². The first-order chi connectivity index (χ1) is 10.7. The molecule has 0 atom stereocenters. The van der Waals surface area contributed by atoms with Gasteiger partial charge in [-0.15, -0.1) is 10.2 Å². The highest BCUT2D eigenvalue weighted by Crippen LogP contribution is 2.30. The smallest absolute Gasteiger partial charge is 0.258 e. The van der Waals surface area contributed by atoms with Gasteiger partial charge in [-0.1, -0.05) is 53.9 Å². The number of aryl methyl sites for hydroxylation is 1. The van der Waals surface area contributed by atoms with Crippen molar-refractivity contribution in [2.24, 2.45) is 0 Å². The molecule has 3 aromatic rings. The maximum absolute atomic E-state index is 12.1. The van der Waals surface area contributed by atoms with Gasteiger partial charge in [-0.2, -0.15) is 0 Å². The van der Waals surface area contributed by atoms with E-state index >= 15 is 0 Å². The normalized spacial score (nSPS) is 11.2. The summed E-state index contributed by atoms with van der Waals surface area (Å²) < 4.78 is 1.87. The lowest BCUT2D eigenvalue weighted by Crippen LogP contribution is -2.11. The second kappa shape index (κ2) is 6.80. The van der Waals surface area contributed by atoms with Crippen molar-refractivity contribution in [1.82, 2.24) is 20.2 Å². The van der Waals surface area contributed by atoms with Crippen molar-refractivity contribution in [2.75, 3.05) is 5.75 Å². The van der Waals surface area contributed by atoms with Gasteiger partial charge < -0.3 is 4.98 Å². The Balaban J connectivity index is 1.81. The first-order valence-electron chi connectivity index (χ1n) is 6.75. The summed E-state index contributed by atoms with van der Waals surface area (Å²) in [4.78, 5) is 19.5. The Bertz CT molecular complexity index is 859. The Hall–Kier alpha value is -1.38. The van der Waals surface area contributed by atoms with Crippen molar-refractivity contribution >= 4 is 45.8 Å². The number of hydrogen-bond acceptors (Lipinski definition) is 7. The topological polar surface area (TPSA) is 71.5 Å². The molecule has 22 heavy (non-hydrogen) atoms. The molecule has 1 aromatic carbocycles. The molecule has 0 amide bonds. The van der Waals surface area contributed by atoms with Gasteiger partial charge in [0.25, 0.3) is 5.56 Å². The Morgan fingerprint density at radius 3 is 2.77 bits per heavy atom. The highest BCUT2D eigenvalue weighted by Gasteiger charge is 2.09. The summed E-state index contributed by atoms with van der Waals surface area (Å²) in [5, 5.41) is 8.89. The molecule has 3 rings (SSSR count). The third kappa shape index (κ3) is 3.34. The molecule has 114 valence electrons. The predicted molar refractivity (Wildman–Crippen MR) is 93.0 cm³/mol. The van der Waals surface area contributed by atoms with Gasteiger partial charge in [-0.3, -0.25) is 4.79 Å². The van der Waals surface area contributed by atoms with Crippen molar-refractivity contribution in [1.29, 1.82) is 0 Å². The molecular weight excluding hydrogens is 336 g/mol. The zero-order valence-electron chi connectivity index (χ0n) is 12.1. The number of para-hydroxylation sites is 1. The van der Waals surface area contributed by atoms with Crippen LogP contribution in [0.15, 0.2) is 31.7 Å². The van der Waals surface area contributed by atoms with Crippen LogP contribution in [-0.2, 0) is 5.75 Å². The van der Waals surface area contributed by atoms with Crippen LogP contribution in [-0.4, -0.2) is 25.9 Å². The summed E-state index contributed by atoms with van der Waals surface area (Å²) in [7, 11) is 0. The number of thioether (sulfide) groups is 2. The Labute approximate surface area is 140 Å². The van der Waals surface area contributed by atoms with Gasteiger partial charge in [-0.05, 0) is 24.3 Å². The number of nitrogens with zero attached hydrogens (tertiary/aromatic N) is 3. The first kappa shape index (κ1) is 15.5. The number of fused-ring (bicyclic) bond motifs is 1. The van der Waals surface area contributed by atoms with Gasteiger partial charge in [0.2, 0.25) is 0 Å². The van der Waals surface area contributed by atoms with Gasteiger partial charge in [0.05, 0.1) is 16.7 Å². The van der Waals surface area contributed by atoms with E-state index in [0.717, 1.165) is 25.5 Å². The minimum absolute atomic E-state index is 0.0937. The van der Waals surface area contributed by atoms with Crippen LogP contribution in [0.1, 0.15) is 18.3 Å². The molecule has 2 heterocycles. The Morgan fingerprint density at radius 2 is 2.00 bits per heavy atom. The molecule has 0 aliphatic carbocycles. The third-order valence-electron chi connectivity index (χ3n) is 2.98. The molecule has 0 fully saturated rings. The minimum atomic E-state index is -0.0937. The molecule has 0 spiro atoms. The number of aromatic amines is 1. The van der Waals surface area contributed by atoms with Gasteiger partial charge in [-0.25, -0.2) is 4.98 Å². The van der Waals surface area contributed by atoms with Crippen LogP contribution >= 0.6 is 34.9 Å². The fourth-order valence-electron chi connectivity index (χ4n) is 1.99. The minimum Gasteiger partial charge on any atom is -0.309 e. The van der Waals surface area contributed by atoms with Crippen molar-refractivity contribution in [2.45, 2.75) is 28.3 Å². The summed E-state index contributed by atoms with van der Waals surface area (Å²) in [6, 6.07) is 5.63. The second-order valence-electron chi connectivity index (χ2n) is 4.54. The molecule has 0 unspecified atom stereocenters. The summed E-state index contributed by atoms with van der Waals surface area (Å²) >= 11 is 4.80. The molecule has 5 nitrogen and oxygen atoms in total. The fourth-order valence-corrected chi connectivity index (χ4v) is 4.77. The molecule has 0 aliphatic heterocycles. The third-order valence-corrected chi connectivity index (χ3v) is 6.06. The van der Waals surface area contributed by atoms with E-state index in [1.54, 1.807) is 40.9 Å². The molecular formula is C14H14N4OS3. The maximum atomic E-state index is 12.1. The largest absolute Gasteiger partial charge is 0.309 e. The van der Waals surface area contributed by atoms with E-state index < -0.39 is 0 Å². The standard InChI is InChI=1S/C14H14N4OS3/c1-3-20-13-17-18-14(22-13)21-7-10-15-11-8(2)5-4-6-9(11)12(19)16-10/h4-6H,3,7H2,1-2H3,(H,15,16,19). The molecule has 8 heteroatoms. The first-order valence-corrected chi connectivity index (χ1v) is 9.53. The number of rotatable bonds is 5. The highest BCUT2D eigenvalue weighted by atomic mass is 32.2. The van der Waals surface area contributed by atoms with Gasteiger partial charge in [0, 0.05) is 0 Å². The SMILES string of the molecule is CCSc1nnc(SCc2nc3c(C)cccc3c(=O)[nH]2)s1. The maximum Gasteiger partial charge on any atom is 0.258 e. The molecule has 0 saturated heterocycles. The van der Waals surface area contributed by atoms with E-state index in [1.165, 1.54) is 0 Å². The Kier molecular flexibility index (Phi) is 4.80. The summed E-state index contributed by atoms with van der Waals surface area (Å²) in [6.45, 7) is 4.05. The highest BCUT2D eigenvalue weighted by molar-refractivity contribution is 8.02. The lowest BCUT2D eigenvalue weighted by Gasteiger charge is -2.03. The van der Waals surface area contributed by atoms with Crippen molar-refractivity contribution in [3.63, 3.8) is 0 Å². The lowest BCUT2D eigenvalue weighted by atomic mass is 10.1. The predicted octanol–water partition coefficient (Wildman–Crippen LogP) is 3.49. The van der Waals surface area contributed by atoms with Crippen LogP contribution in [0.4, 0.5) is 0 Å². The van der Waals surface area contributed by atoms with E-state index in [-0.39, 0.29) is 5.56 Å². The van der Waals surface area contributed by atoms with E-state index in [1.807, 2.05) is 19.1 Å². The number of nitrogens with one attached hydrogen (secondary N) is 1. The monoisotopic (exact) mass is 350 g/mol. The fraction of sp³-hybridized carbons (Fsp3) is 0.286. The molecule has 2 aromatic heterocycles. The summed E-state index contributed by atoms with van der Waals surface area (Å²) in [5.41, 5.74) is 1.68. The van der Waals surface area contributed by atoms with Crippen LogP contribution in [0.3, 0.4) is 0 Å². The van der Waals surface area contributed by atoms with Crippen molar-refractivity contribution < 1.29 is 0 Å². The average Bonchev–Trinajstić information content (AvgIpc) is 2.94. The second-order valence-corrected chi connectivity index (χ2v) is 8.25. The summed E-state index contributed by atoms with van der Waals surface area (Å²) in [5.74, 6) is 2.22. The van der Waals surface area contributed by atoms with E-state index in [4.69, 9.17) is 0 Å². The lowest BCUT2D eigenvalue weighted by molar-refractivity contribution is 0.952. The van der Waals surface area contributed by atoms with Gasteiger partial charge in [0.15, 0.2) is 8.68 Å². The Morgan fingerprint density at radius 1 is 1.23 bits per heavy atom. The average molecular weight is 350 g/mol. The van der Waals surface area contributed by atoms with E-state index in [9.17, 15) is 4.79 Å². The number of H-pyrrole nitrogens is 1. The van der Waals surface area contributed by atoms with Crippen molar-refractivity contribution in [3.8, 4) is 0 Å². The van der Waals surface area contributed by atoms with Gasteiger partial charge in [0.1, 0.15) is 5.82 Å². The molecule has 0 saturated carbocycles. The number of hydrogen-bond donors (Lipinski definition) is 1. The number of aromatic nitrogens is 4. The van der Waals surface area contributed by atoms with E-state index in [2.05, 4.69) is 27.1 Å². The van der Waals surface area contributed by atoms with E-state index in [0.29, 0.717) is 17.0 Å². The van der Waals surface area contributed by atoms with Crippen LogP contribution in [0.25, 0.3) is 10.9 Å². The molecule has 1 N–H and O–H groups in total. The van der Waals surface area contributed by atoms with Crippen LogP contribution in [0, 0.1) is 6.92 Å².